The van der Waals surface area contributed by atoms with Crippen molar-refractivity contribution in [3.63, 3.8) is 0 Å². The fourth-order valence-corrected chi connectivity index (χ4v) is 5.94. The highest BCUT2D eigenvalue weighted by molar-refractivity contribution is 7.15. The van der Waals surface area contributed by atoms with Crippen LogP contribution >= 0.6 is 11.3 Å². The highest BCUT2D eigenvalue weighted by Gasteiger charge is 2.29. The lowest BCUT2D eigenvalue weighted by atomic mass is 9.95. The number of rotatable bonds is 12. The number of benzene rings is 1. The number of hydrogen-bond acceptors (Lipinski definition) is 9. The Morgan fingerprint density at radius 2 is 1.83 bits per heavy atom. The van der Waals surface area contributed by atoms with Gasteiger partial charge in [0.25, 0.3) is 0 Å². The summed E-state index contributed by atoms with van der Waals surface area (Å²) in [6, 6.07) is 6.85. The van der Waals surface area contributed by atoms with Gasteiger partial charge >= 0.3 is 0 Å². The molecule has 1 aliphatic rings. The van der Waals surface area contributed by atoms with E-state index in [2.05, 4.69) is 20.9 Å². The molecular weight excluding hydrogens is 556 g/mol. The van der Waals surface area contributed by atoms with E-state index in [9.17, 15) is 14.4 Å². The molecule has 1 heterocycles. The van der Waals surface area contributed by atoms with E-state index in [0.717, 1.165) is 40.8 Å². The van der Waals surface area contributed by atoms with Crippen LogP contribution in [0.15, 0.2) is 35.3 Å². The SMILES string of the molecule is COc1cc2c(c(OC)c1OC)-c1ccc(NCCCCCC(=O)Nc3ncc(C)s3)c(=O)cc1[C@H](NC(C)=O)CC2. The number of nitrogens with one attached hydrogen (secondary N) is 3. The van der Waals surface area contributed by atoms with Crippen LogP contribution in [0, 0.1) is 6.92 Å². The third-order valence-corrected chi connectivity index (χ3v) is 8.01. The number of fused-ring (bicyclic) bond motifs is 3. The first kappa shape index (κ1) is 30.8. The Balaban J connectivity index is 1.53. The first-order valence-corrected chi connectivity index (χ1v) is 14.8. The zero-order chi connectivity index (χ0) is 30.2. The fourth-order valence-electron chi connectivity index (χ4n) is 5.26. The van der Waals surface area contributed by atoms with Crippen LogP contribution in [0.3, 0.4) is 0 Å². The maximum Gasteiger partial charge on any atom is 0.226 e. The van der Waals surface area contributed by atoms with Gasteiger partial charge in [-0.3, -0.25) is 14.4 Å². The number of anilines is 2. The first-order valence-electron chi connectivity index (χ1n) is 14.0. The average molecular weight is 595 g/mol. The van der Waals surface area contributed by atoms with Gasteiger partial charge < -0.3 is 30.2 Å². The summed E-state index contributed by atoms with van der Waals surface area (Å²) in [7, 11) is 4.71. The Labute approximate surface area is 249 Å². The molecule has 0 unspecified atom stereocenters. The average Bonchev–Trinajstić information content (AvgIpc) is 3.22. The monoisotopic (exact) mass is 594 g/mol. The molecule has 0 saturated heterocycles. The second-order valence-corrected chi connectivity index (χ2v) is 11.4. The molecule has 1 atom stereocenters. The molecule has 3 N–H and O–H groups in total. The Morgan fingerprint density at radius 1 is 1.05 bits per heavy atom. The number of carbonyl (C=O) groups excluding carboxylic acids is 2. The molecule has 224 valence electrons. The predicted octanol–water partition coefficient (Wildman–Crippen LogP) is 5.24. The van der Waals surface area contributed by atoms with Crippen molar-refractivity contribution in [2.45, 2.75) is 58.4 Å². The number of amides is 2. The molecule has 1 aromatic heterocycles. The predicted molar refractivity (Wildman–Crippen MR) is 165 cm³/mol. The van der Waals surface area contributed by atoms with Crippen LogP contribution in [0.1, 0.15) is 61.1 Å². The fraction of sp³-hybridized carbons (Fsp3) is 0.419. The van der Waals surface area contributed by atoms with Crippen molar-refractivity contribution < 1.29 is 23.8 Å². The molecule has 1 aliphatic carbocycles. The summed E-state index contributed by atoms with van der Waals surface area (Å²) < 4.78 is 17.1. The Bertz CT molecular complexity index is 1510. The number of thiazole rings is 1. The standard InChI is InChI=1S/C31H38N4O6S/c1-18-17-33-31(42-18)35-27(38)9-7-6-8-14-32-24-13-11-21-22(16-25(24)37)23(34-19(2)36)12-10-20-15-26(39-3)29(40-4)30(41-5)28(20)21/h11,13,15-17,23H,6-10,12,14H2,1-5H3,(H,32,37)(H,34,36)(H,33,35,38)/t23-/m1/s1. The van der Waals surface area contributed by atoms with Crippen molar-refractivity contribution >= 4 is 34.0 Å². The summed E-state index contributed by atoms with van der Waals surface area (Å²) in [5.74, 6) is 1.31. The van der Waals surface area contributed by atoms with Crippen LogP contribution in [0.2, 0.25) is 0 Å². The Kier molecular flexibility index (Phi) is 10.4. The molecule has 3 aromatic rings. The zero-order valence-corrected chi connectivity index (χ0v) is 25.5. The van der Waals surface area contributed by atoms with Crippen molar-refractivity contribution in [1.29, 1.82) is 0 Å². The Hall–Kier alpha value is -4.12. The molecule has 0 fully saturated rings. The zero-order valence-electron chi connectivity index (χ0n) is 24.7. The molecule has 0 bridgehead atoms. The number of carbonyl (C=O) groups is 2. The van der Waals surface area contributed by atoms with Crippen LogP contribution in [-0.2, 0) is 16.0 Å². The highest BCUT2D eigenvalue weighted by Crippen LogP contribution is 2.50. The number of hydrogen-bond donors (Lipinski definition) is 3. The van der Waals surface area contributed by atoms with E-state index in [1.165, 1.54) is 18.3 Å². The summed E-state index contributed by atoms with van der Waals surface area (Å²) in [5, 5.41) is 9.74. The van der Waals surface area contributed by atoms with Gasteiger partial charge in [-0.25, -0.2) is 4.98 Å². The first-order chi connectivity index (χ1) is 20.2. The molecule has 0 radical (unpaired) electrons. The molecule has 0 aliphatic heterocycles. The lowest BCUT2D eigenvalue weighted by molar-refractivity contribution is -0.119. The van der Waals surface area contributed by atoms with E-state index in [4.69, 9.17) is 14.2 Å². The van der Waals surface area contributed by atoms with Crippen molar-refractivity contribution in [3.8, 4) is 28.4 Å². The maximum absolute atomic E-state index is 13.4. The van der Waals surface area contributed by atoms with Crippen molar-refractivity contribution in [2.75, 3.05) is 38.5 Å². The van der Waals surface area contributed by atoms with Crippen molar-refractivity contribution in [1.82, 2.24) is 10.3 Å². The summed E-state index contributed by atoms with van der Waals surface area (Å²) in [4.78, 5) is 42.9. The minimum absolute atomic E-state index is 0.0468. The molecular formula is C31H38N4O6S. The Morgan fingerprint density at radius 3 is 2.50 bits per heavy atom. The normalized spacial score (nSPS) is 13.7. The highest BCUT2D eigenvalue weighted by atomic mass is 32.1. The second kappa shape index (κ2) is 14.2. The minimum Gasteiger partial charge on any atom is -0.493 e. The number of nitrogens with zero attached hydrogens (tertiary/aromatic N) is 1. The van der Waals surface area contributed by atoms with E-state index in [0.29, 0.717) is 59.4 Å². The quantitative estimate of drug-likeness (QED) is 0.243. The van der Waals surface area contributed by atoms with Crippen LogP contribution in [0.25, 0.3) is 11.1 Å². The van der Waals surface area contributed by atoms with Crippen LogP contribution < -0.4 is 35.6 Å². The molecule has 10 nitrogen and oxygen atoms in total. The number of ether oxygens (including phenoxy) is 3. The van der Waals surface area contributed by atoms with Crippen LogP contribution in [0.4, 0.5) is 10.8 Å². The van der Waals surface area contributed by atoms with Gasteiger partial charge in [0.15, 0.2) is 16.6 Å². The lowest BCUT2D eigenvalue weighted by Crippen LogP contribution is -2.26. The van der Waals surface area contributed by atoms with Crippen molar-refractivity contribution in [3.05, 3.63) is 56.7 Å². The van der Waals surface area contributed by atoms with Gasteiger partial charge in [0.2, 0.25) is 23.0 Å². The number of aromatic nitrogens is 1. The summed E-state index contributed by atoms with van der Waals surface area (Å²) >= 11 is 1.45. The summed E-state index contributed by atoms with van der Waals surface area (Å²) in [5.41, 5.74) is 3.57. The van der Waals surface area contributed by atoms with Gasteiger partial charge in [0.05, 0.1) is 33.1 Å². The second-order valence-electron chi connectivity index (χ2n) is 10.2. The molecule has 11 heteroatoms. The number of methoxy groups -OCH3 is 3. The number of unbranched alkanes of at least 4 members (excludes halogenated alkanes) is 2. The maximum atomic E-state index is 13.4. The molecule has 0 spiro atoms. The largest absolute Gasteiger partial charge is 0.493 e. The van der Waals surface area contributed by atoms with Gasteiger partial charge in [-0.15, -0.1) is 11.3 Å². The van der Waals surface area contributed by atoms with Crippen molar-refractivity contribution in [2.24, 2.45) is 0 Å². The number of aryl methyl sites for hydroxylation is 2. The summed E-state index contributed by atoms with van der Waals surface area (Å²) in [6.45, 7) is 4.00. The third kappa shape index (κ3) is 7.20. The summed E-state index contributed by atoms with van der Waals surface area (Å²) in [6.07, 6.45) is 5.75. The van der Waals surface area contributed by atoms with Gasteiger partial charge in [-0.1, -0.05) is 12.5 Å². The molecule has 2 aromatic carbocycles. The molecule has 42 heavy (non-hydrogen) atoms. The van der Waals surface area contributed by atoms with E-state index >= 15 is 0 Å². The van der Waals surface area contributed by atoms with Crippen LogP contribution in [0.5, 0.6) is 17.2 Å². The van der Waals surface area contributed by atoms with E-state index in [1.807, 2.05) is 19.1 Å². The van der Waals surface area contributed by atoms with E-state index in [-0.39, 0.29) is 23.3 Å². The van der Waals surface area contributed by atoms with Gasteiger partial charge in [-0.2, -0.15) is 0 Å². The lowest BCUT2D eigenvalue weighted by Gasteiger charge is -2.19. The topological polar surface area (TPSA) is 128 Å². The molecule has 4 rings (SSSR count). The van der Waals surface area contributed by atoms with Gasteiger partial charge in [0.1, 0.15) is 0 Å². The third-order valence-electron chi connectivity index (χ3n) is 7.18. The smallest absolute Gasteiger partial charge is 0.226 e. The van der Waals surface area contributed by atoms with Gasteiger partial charge in [0, 0.05) is 36.5 Å². The molecule has 2 amide bonds. The minimum atomic E-state index is -0.362. The molecule has 0 saturated carbocycles. The van der Waals surface area contributed by atoms with E-state index in [1.54, 1.807) is 39.7 Å². The van der Waals surface area contributed by atoms with Crippen LogP contribution in [-0.4, -0.2) is 44.7 Å². The van der Waals surface area contributed by atoms with Gasteiger partial charge in [-0.05, 0) is 67.5 Å². The van der Waals surface area contributed by atoms with E-state index < -0.39 is 0 Å².